The molecular formula is C25H27N3O3. The minimum atomic E-state index is -0.340. The Balaban J connectivity index is 1.57. The number of nitrogens with one attached hydrogen (secondary N) is 2. The second-order valence-corrected chi connectivity index (χ2v) is 8.20. The molecule has 0 spiro atoms. The zero-order chi connectivity index (χ0) is 22.3. The fourth-order valence-electron chi connectivity index (χ4n) is 2.96. The molecule has 0 aliphatic carbocycles. The number of para-hydroxylation sites is 1. The van der Waals surface area contributed by atoms with Crippen molar-refractivity contribution < 1.29 is 14.3 Å². The highest BCUT2D eigenvalue weighted by Gasteiger charge is 2.15. The Bertz CT molecular complexity index is 1030. The lowest BCUT2D eigenvalue weighted by Gasteiger charge is -2.19. The van der Waals surface area contributed by atoms with E-state index >= 15 is 0 Å². The van der Waals surface area contributed by atoms with Gasteiger partial charge in [-0.15, -0.1) is 0 Å². The molecule has 0 bridgehead atoms. The van der Waals surface area contributed by atoms with Crippen molar-refractivity contribution in [2.75, 3.05) is 11.9 Å². The molecule has 2 amide bonds. The minimum Gasteiger partial charge on any atom is -0.484 e. The van der Waals surface area contributed by atoms with Gasteiger partial charge in [-0.2, -0.15) is 0 Å². The third kappa shape index (κ3) is 6.40. The molecule has 2 aromatic carbocycles. The highest BCUT2D eigenvalue weighted by Crippen LogP contribution is 2.24. The first-order valence-electron chi connectivity index (χ1n) is 10.1. The van der Waals surface area contributed by atoms with Crippen LogP contribution in [0.5, 0.6) is 5.75 Å². The lowest BCUT2D eigenvalue weighted by Crippen LogP contribution is -2.26. The van der Waals surface area contributed by atoms with Crippen molar-refractivity contribution in [2.24, 2.45) is 0 Å². The van der Waals surface area contributed by atoms with E-state index in [1.165, 1.54) is 5.56 Å². The van der Waals surface area contributed by atoms with Gasteiger partial charge in [-0.3, -0.25) is 14.6 Å². The van der Waals surface area contributed by atoms with E-state index in [2.05, 4.69) is 36.4 Å². The number of carbonyl (C=O) groups is 2. The number of amides is 2. The number of hydrogen-bond acceptors (Lipinski definition) is 4. The maximum absolute atomic E-state index is 12.6. The molecule has 0 aliphatic heterocycles. The Morgan fingerprint density at radius 1 is 0.968 bits per heavy atom. The summed E-state index contributed by atoms with van der Waals surface area (Å²) in [4.78, 5) is 29.0. The van der Waals surface area contributed by atoms with Gasteiger partial charge in [0.2, 0.25) is 0 Å². The first-order chi connectivity index (χ1) is 14.8. The van der Waals surface area contributed by atoms with E-state index in [4.69, 9.17) is 4.74 Å². The number of aromatic nitrogens is 1. The van der Waals surface area contributed by atoms with Gasteiger partial charge in [0.15, 0.2) is 6.61 Å². The molecule has 1 aromatic heterocycles. The number of carbonyl (C=O) groups excluding carboxylic acids is 2. The maximum atomic E-state index is 12.6. The third-order valence-corrected chi connectivity index (χ3v) is 4.71. The van der Waals surface area contributed by atoms with Crippen molar-refractivity contribution in [3.8, 4) is 5.75 Å². The molecule has 0 radical (unpaired) electrons. The van der Waals surface area contributed by atoms with E-state index < -0.39 is 0 Å². The fourth-order valence-corrected chi connectivity index (χ4v) is 2.96. The molecular weight excluding hydrogens is 390 g/mol. The summed E-state index contributed by atoms with van der Waals surface area (Å²) in [6.07, 6.45) is 3.37. The zero-order valence-corrected chi connectivity index (χ0v) is 18.0. The van der Waals surface area contributed by atoms with Crippen LogP contribution in [-0.4, -0.2) is 23.4 Å². The van der Waals surface area contributed by atoms with Gasteiger partial charge in [0.25, 0.3) is 11.8 Å². The highest BCUT2D eigenvalue weighted by molar-refractivity contribution is 6.04. The first-order valence-corrected chi connectivity index (χ1v) is 10.1. The molecule has 0 fully saturated rings. The second-order valence-electron chi connectivity index (χ2n) is 8.20. The van der Waals surface area contributed by atoms with Gasteiger partial charge in [0.05, 0.1) is 11.3 Å². The summed E-state index contributed by atoms with van der Waals surface area (Å²) in [5.74, 6) is -0.00324. The average molecular weight is 418 g/mol. The van der Waals surface area contributed by atoms with Crippen molar-refractivity contribution in [2.45, 2.75) is 32.7 Å². The second kappa shape index (κ2) is 9.89. The molecule has 0 unspecified atom stereocenters. The molecule has 6 nitrogen and oxygen atoms in total. The van der Waals surface area contributed by atoms with Crippen molar-refractivity contribution >= 4 is 17.5 Å². The van der Waals surface area contributed by atoms with Crippen molar-refractivity contribution in [1.29, 1.82) is 0 Å². The lowest BCUT2D eigenvalue weighted by atomic mass is 9.87. The van der Waals surface area contributed by atoms with Gasteiger partial charge in [0, 0.05) is 18.9 Å². The van der Waals surface area contributed by atoms with E-state index in [1.807, 2.05) is 36.4 Å². The highest BCUT2D eigenvalue weighted by atomic mass is 16.5. The molecule has 31 heavy (non-hydrogen) atoms. The summed E-state index contributed by atoms with van der Waals surface area (Å²) in [6, 6.07) is 18.3. The van der Waals surface area contributed by atoms with E-state index in [0.717, 1.165) is 5.56 Å². The van der Waals surface area contributed by atoms with E-state index in [1.54, 1.807) is 36.7 Å². The van der Waals surface area contributed by atoms with Crippen molar-refractivity contribution in [3.63, 3.8) is 0 Å². The van der Waals surface area contributed by atoms with Gasteiger partial charge >= 0.3 is 0 Å². The van der Waals surface area contributed by atoms with E-state index in [-0.39, 0.29) is 23.8 Å². The third-order valence-electron chi connectivity index (χ3n) is 4.71. The molecule has 1 heterocycles. The van der Waals surface area contributed by atoms with Gasteiger partial charge in [0.1, 0.15) is 5.75 Å². The molecule has 0 saturated heterocycles. The van der Waals surface area contributed by atoms with Crippen molar-refractivity contribution in [3.05, 3.63) is 89.7 Å². The molecule has 2 N–H and O–H groups in total. The van der Waals surface area contributed by atoms with Gasteiger partial charge < -0.3 is 15.4 Å². The van der Waals surface area contributed by atoms with Gasteiger partial charge in [-0.1, -0.05) is 51.1 Å². The summed E-state index contributed by atoms with van der Waals surface area (Å²) in [7, 11) is 0. The molecule has 6 heteroatoms. The van der Waals surface area contributed by atoms with Crippen LogP contribution in [-0.2, 0) is 16.8 Å². The van der Waals surface area contributed by atoms with Gasteiger partial charge in [-0.05, 0) is 46.9 Å². The summed E-state index contributed by atoms with van der Waals surface area (Å²) in [5.41, 5.74) is 2.95. The topological polar surface area (TPSA) is 80.3 Å². The Kier molecular flexibility index (Phi) is 7.03. The molecule has 160 valence electrons. The summed E-state index contributed by atoms with van der Waals surface area (Å²) < 4.78 is 5.59. The number of anilines is 1. The van der Waals surface area contributed by atoms with Gasteiger partial charge in [-0.25, -0.2) is 0 Å². The predicted molar refractivity (Wildman–Crippen MR) is 121 cm³/mol. The van der Waals surface area contributed by atoms with Crippen LogP contribution in [0.25, 0.3) is 0 Å². The Hall–Kier alpha value is -3.67. The first kappa shape index (κ1) is 22.0. The average Bonchev–Trinajstić information content (AvgIpc) is 2.77. The number of pyridine rings is 1. The van der Waals surface area contributed by atoms with Crippen LogP contribution in [0, 0.1) is 0 Å². The van der Waals surface area contributed by atoms with E-state index in [0.29, 0.717) is 23.5 Å². The van der Waals surface area contributed by atoms with E-state index in [9.17, 15) is 9.59 Å². The monoisotopic (exact) mass is 417 g/mol. The largest absolute Gasteiger partial charge is 0.484 e. The molecule has 3 aromatic rings. The quantitative estimate of drug-likeness (QED) is 0.600. The summed E-state index contributed by atoms with van der Waals surface area (Å²) in [5, 5.41) is 5.60. The Labute approximate surface area is 182 Å². The maximum Gasteiger partial charge on any atom is 0.262 e. The minimum absolute atomic E-state index is 0.0528. The number of hydrogen-bond donors (Lipinski definition) is 2. The smallest absolute Gasteiger partial charge is 0.262 e. The van der Waals surface area contributed by atoms with Crippen LogP contribution in [0.1, 0.15) is 42.3 Å². The van der Waals surface area contributed by atoms with Crippen molar-refractivity contribution in [1.82, 2.24) is 10.3 Å². The van der Waals surface area contributed by atoms with Crippen LogP contribution in [0.3, 0.4) is 0 Å². The Morgan fingerprint density at radius 2 is 1.71 bits per heavy atom. The number of ether oxygens (including phenoxy) is 1. The standard InChI is InChI=1S/C25H27N3O3/c1-25(2,3)19-10-12-20(13-11-19)31-17-23(29)28-22-9-5-4-8-21(22)24(30)27-16-18-7-6-14-26-15-18/h4-15H,16-17H2,1-3H3,(H,27,30)(H,28,29). The van der Waals surface area contributed by atoms with Crippen LogP contribution >= 0.6 is 0 Å². The van der Waals surface area contributed by atoms with Crippen LogP contribution < -0.4 is 15.4 Å². The Morgan fingerprint density at radius 3 is 2.39 bits per heavy atom. The number of rotatable bonds is 7. The number of nitrogens with zero attached hydrogens (tertiary/aromatic N) is 1. The summed E-state index contributed by atoms with van der Waals surface area (Å²) in [6.45, 7) is 6.62. The summed E-state index contributed by atoms with van der Waals surface area (Å²) >= 11 is 0. The SMILES string of the molecule is CC(C)(C)c1ccc(OCC(=O)Nc2ccccc2C(=O)NCc2cccnc2)cc1. The fraction of sp³-hybridized carbons (Fsp3) is 0.240. The number of benzene rings is 2. The van der Waals surface area contributed by atoms with Crippen LogP contribution in [0.2, 0.25) is 0 Å². The predicted octanol–water partition coefficient (Wildman–Crippen LogP) is 4.33. The zero-order valence-electron chi connectivity index (χ0n) is 18.0. The normalized spacial score (nSPS) is 10.9. The lowest BCUT2D eigenvalue weighted by molar-refractivity contribution is -0.118. The molecule has 0 saturated carbocycles. The van der Waals surface area contributed by atoms with Crippen LogP contribution in [0.4, 0.5) is 5.69 Å². The van der Waals surface area contributed by atoms with Crippen LogP contribution in [0.15, 0.2) is 73.1 Å². The molecule has 3 rings (SSSR count). The molecule has 0 aliphatic rings. The molecule has 0 atom stereocenters.